The van der Waals surface area contributed by atoms with Gasteiger partial charge in [0.15, 0.2) is 0 Å². The van der Waals surface area contributed by atoms with Crippen LogP contribution in [-0.4, -0.2) is 33.6 Å². The summed E-state index contributed by atoms with van der Waals surface area (Å²) in [5.74, 6) is -0.281. The second-order valence-electron chi connectivity index (χ2n) is 8.17. The van der Waals surface area contributed by atoms with E-state index in [4.69, 9.17) is 4.74 Å². The number of carbonyl (C=O) groups is 1. The second-order valence-corrected chi connectivity index (χ2v) is 9.94. The summed E-state index contributed by atoms with van der Waals surface area (Å²) in [6, 6.07) is 20.2. The molecule has 7 heteroatoms. The fourth-order valence-corrected chi connectivity index (χ4v) is 5.37. The molecule has 0 spiro atoms. The first kappa shape index (κ1) is 20.9. The molecule has 5 rings (SSSR count). The van der Waals surface area contributed by atoms with Gasteiger partial charge in [-0.3, -0.25) is 4.79 Å². The summed E-state index contributed by atoms with van der Waals surface area (Å²) >= 11 is 0. The fraction of sp³-hybridized carbons (Fsp3) is 0.240. The van der Waals surface area contributed by atoms with Crippen molar-refractivity contribution in [3.63, 3.8) is 0 Å². The van der Waals surface area contributed by atoms with Gasteiger partial charge >= 0.3 is 0 Å². The van der Waals surface area contributed by atoms with Crippen LogP contribution in [-0.2, 0) is 21.2 Å². The summed E-state index contributed by atoms with van der Waals surface area (Å²) in [5.41, 5.74) is 6.02. The first-order valence-corrected chi connectivity index (χ1v) is 12.2. The molecule has 6 nitrogen and oxygen atoms in total. The van der Waals surface area contributed by atoms with Crippen LogP contribution in [0.1, 0.15) is 34.3 Å². The lowest BCUT2D eigenvalue weighted by molar-refractivity contribution is 0.102. The lowest BCUT2D eigenvalue weighted by atomic mass is 10.1. The van der Waals surface area contributed by atoms with Crippen molar-refractivity contribution in [3.8, 4) is 11.1 Å². The van der Waals surface area contributed by atoms with Crippen LogP contribution in [0.25, 0.3) is 11.1 Å². The topological polar surface area (TPSA) is 84.5 Å². The van der Waals surface area contributed by atoms with Crippen LogP contribution in [0.15, 0.2) is 71.6 Å². The Morgan fingerprint density at radius 1 is 0.969 bits per heavy atom. The van der Waals surface area contributed by atoms with E-state index in [2.05, 4.69) is 22.2 Å². The molecule has 0 radical (unpaired) electrons. The smallest absolute Gasteiger partial charge is 0.255 e. The molecule has 1 fully saturated rings. The van der Waals surface area contributed by atoms with E-state index in [0.717, 1.165) is 24.9 Å². The molecule has 164 valence electrons. The Hall–Kier alpha value is -3.00. The summed E-state index contributed by atoms with van der Waals surface area (Å²) in [6.07, 6.45) is 2.58. The molecule has 0 bridgehead atoms. The van der Waals surface area contributed by atoms with Gasteiger partial charge in [-0.25, -0.2) is 13.1 Å². The Morgan fingerprint density at radius 2 is 1.75 bits per heavy atom. The predicted octanol–water partition coefficient (Wildman–Crippen LogP) is 3.97. The number of rotatable bonds is 6. The van der Waals surface area contributed by atoms with Crippen LogP contribution < -0.4 is 10.0 Å². The Bertz CT molecular complexity index is 1260. The minimum absolute atomic E-state index is 0.0741. The van der Waals surface area contributed by atoms with E-state index in [9.17, 15) is 13.2 Å². The first-order valence-electron chi connectivity index (χ1n) is 10.7. The Labute approximate surface area is 187 Å². The maximum atomic E-state index is 12.7. The lowest BCUT2D eigenvalue weighted by Gasteiger charge is -2.12. The molecule has 1 unspecified atom stereocenters. The molecule has 1 saturated heterocycles. The van der Waals surface area contributed by atoms with Crippen LogP contribution in [0.3, 0.4) is 0 Å². The standard InChI is InChI=1S/C25H24N2O4S/c28-25(27-20-9-12-24-19(15-20)14-18-4-1-2-6-23(18)24)17-7-10-22(11-8-17)32(29,30)26-16-21-5-3-13-31-21/h1-2,4,6-12,15,21,26H,3,5,13-14,16H2,(H,27,28). The number of benzene rings is 3. The number of ether oxygens (including phenoxy) is 1. The predicted molar refractivity (Wildman–Crippen MR) is 123 cm³/mol. The van der Waals surface area contributed by atoms with Crippen LogP contribution in [0, 0.1) is 0 Å². The molecular formula is C25H24N2O4S. The van der Waals surface area contributed by atoms with Gasteiger partial charge in [0, 0.05) is 24.4 Å². The van der Waals surface area contributed by atoms with Crippen molar-refractivity contribution >= 4 is 21.6 Å². The van der Waals surface area contributed by atoms with Gasteiger partial charge in [-0.2, -0.15) is 0 Å². The minimum Gasteiger partial charge on any atom is -0.377 e. The zero-order chi connectivity index (χ0) is 22.1. The first-order chi connectivity index (χ1) is 15.5. The number of hydrogen-bond donors (Lipinski definition) is 2. The quantitative estimate of drug-likeness (QED) is 0.468. The number of carbonyl (C=O) groups excluding carboxylic acids is 1. The van der Waals surface area contributed by atoms with Crippen molar-refractivity contribution in [2.45, 2.75) is 30.3 Å². The van der Waals surface area contributed by atoms with Crippen molar-refractivity contribution in [2.75, 3.05) is 18.5 Å². The molecule has 1 aliphatic heterocycles. The molecule has 2 aliphatic rings. The maximum Gasteiger partial charge on any atom is 0.255 e. The van der Waals surface area contributed by atoms with Crippen LogP contribution in [0.2, 0.25) is 0 Å². The fourth-order valence-electron chi connectivity index (χ4n) is 4.30. The van der Waals surface area contributed by atoms with Gasteiger partial charge < -0.3 is 10.1 Å². The van der Waals surface area contributed by atoms with Crippen LogP contribution in [0.4, 0.5) is 5.69 Å². The normalized spacial score (nSPS) is 17.1. The zero-order valence-electron chi connectivity index (χ0n) is 17.5. The molecule has 0 saturated carbocycles. The average molecular weight is 449 g/mol. The minimum atomic E-state index is -3.64. The van der Waals surface area contributed by atoms with Gasteiger partial charge in [0.2, 0.25) is 10.0 Å². The Morgan fingerprint density at radius 3 is 2.53 bits per heavy atom. The number of hydrogen-bond acceptors (Lipinski definition) is 4. The van der Waals surface area contributed by atoms with E-state index in [0.29, 0.717) is 12.2 Å². The highest BCUT2D eigenvalue weighted by Crippen LogP contribution is 2.37. The van der Waals surface area contributed by atoms with Crippen molar-refractivity contribution in [3.05, 3.63) is 83.4 Å². The molecule has 1 aliphatic carbocycles. The van der Waals surface area contributed by atoms with E-state index >= 15 is 0 Å². The zero-order valence-corrected chi connectivity index (χ0v) is 18.3. The highest BCUT2D eigenvalue weighted by atomic mass is 32.2. The number of sulfonamides is 1. The summed E-state index contributed by atoms with van der Waals surface area (Å²) in [7, 11) is -3.64. The summed E-state index contributed by atoms with van der Waals surface area (Å²) < 4.78 is 33.0. The number of amides is 1. The number of anilines is 1. The number of fused-ring (bicyclic) bond motifs is 3. The maximum absolute atomic E-state index is 12.7. The summed E-state index contributed by atoms with van der Waals surface area (Å²) in [5, 5.41) is 2.91. The number of nitrogens with one attached hydrogen (secondary N) is 2. The SMILES string of the molecule is O=C(Nc1ccc2c(c1)Cc1ccccc1-2)c1ccc(S(=O)(=O)NCC2CCCO2)cc1. The van der Waals surface area contributed by atoms with E-state index < -0.39 is 10.0 Å². The molecule has 1 heterocycles. The van der Waals surface area contributed by atoms with Crippen molar-refractivity contribution in [2.24, 2.45) is 0 Å². The monoisotopic (exact) mass is 448 g/mol. The van der Waals surface area contributed by atoms with E-state index in [-0.39, 0.29) is 23.5 Å². The third-order valence-corrected chi connectivity index (χ3v) is 7.44. The van der Waals surface area contributed by atoms with Gasteiger partial charge in [0.05, 0.1) is 11.0 Å². The van der Waals surface area contributed by atoms with Gasteiger partial charge in [0.1, 0.15) is 0 Å². The molecule has 1 atom stereocenters. The molecule has 0 aromatic heterocycles. The van der Waals surface area contributed by atoms with Crippen LogP contribution >= 0.6 is 0 Å². The second kappa shape index (κ2) is 8.50. The molecule has 32 heavy (non-hydrogen) atoms. The van der Waals surface area contributed by atoms with Crippen molar-refractivity contribution in [1.29, 1.82) is 0 Å². The van der Waals surface area contributed by atoms with Crippen LogP contribution in [0.5, 0.6) is 0 Å². The van der Waals surface area contributed by atoms with Crippen molar-refractivity contribution < 1.29 is 17.9 Å². The van der Waals surface area contributed by atoms with E-state index in [1.807, 2.05) is 30.3 Å². The molecule has 1 amide bonds. The van der Waals surface area contributed by atoms with Gasteiger partial charge in [-0.1, -0.05) is 30.3 Å². The third kappa shape index (κ3) is 4.19. The molecular weight excluding hydrogens is 424 g/mol. The molecule has 2 N–H and O–H groups in total. The highest BCUT2D eigenvalue weighted by Gasteiger charge is 2.21. The molecule has 3 aromatic carbocycles. The summed E-state index contributed by atoms with van der Waals surface area (Å²) in [6.45, 7) is 0.931. The van der Waals surface area contributed by atoms with Crippen molar-refractivity contribution in [1.82, 2.24) is 4.72 Å². The average Bonchev–Trinajstić information content (AvgIpc) is 3.45. The lowest BCUT2D eigenvalue weighted by Crippen LogP contribution is -2.31. The van der Waals surface area contributed by atoms with E-state index in [1.165, 1.54) is 46.5 Å². The van der Waals surface area contributed by atoms with Gasteiger partial charge in [0.25, 0.3) is 5.91 Å². The largest absolute Gasteiger partial charge is 0.377 e. The van der Waals surface area contributed by atoms with Gasteiger partial charge in [-0.05, 0) is 77.9 Å². The Balaban J connectivity index is 1.25. The van der Waals surface area contributed by atoms with Gasteiger partial charge in [-0.15, -0.1) is 0 Å². The summed E-state index contributed by atoms with van der Waals surface area (Å²) in [4.78, 5) is 12.8. The van der Waals surface area contributed by atoms with E-state index in [1.54, 1.807) is 0 Å². The highest BCUT2D eigenvalue weighted by molar-refractivity contribution is 7.89. The molecule has 3 aromatic rings. The Kier molecular flexibility index (Phi) is 5.55. The third-order valence-electron chi connectivity index (χ3n) is 6.00.